The lowest BCUT2D eigenvalue weighted by Gasteiger charge is -2.16. The van der Waals surface area contributed by atoms with Crippen molar-refractivity contribution in [1.82, 2.24) is 0 Å². The van der Waals surface area contributed by atoms with Gasteiger partial charge in [0.2, 0.25) is 9.04 Å². The summed E-state index contributed by atoms with van der Waals surface area (Å²) >= 11 is 29.0. The van der Waals surface area contributed by atoms with Crippen LogP contribution in [0, 0.1) is 10.1 Å². The van der Waals surface area contributed by atoms with Gasteiger partial charge in [0.1, 0.15) is 5.02 Å². The molecule has 1 aliphatic rings. The van der Waals surface area contributed by atoms with Crippen LogP contribution in [-0.2, 0) is 13.8 Å². The summed E-state index contributed by atoms with van der Waals surface area (Å²) in [6, 6.07) is 2.30. The molecule has 0 unspecified atom stereocenters. The Morgan fingerprint density at radius 2 is 1.59 bits per heavy atom. The van der Waals surface area contributed by atoms with Gasteiger partial charge in [-0.3, -0.25) is 10.1 Å². The molecule has 1 aromatic carbocycles. The molecule has 92 valence electrons. The molecule has 0 bridgehead atoms. The maximum absolute atomic E-state index is 10.7. The van der Waals surface area contributed by atoms with E-state index in [1.54, 1.807) is 0 Å². The van der Waals surface area contributed by atoms with Crippen LogP contribution < -0.4 is 0 Å². The molecule has 0 aromatic heterocycles. The number of hydrogen-bond donors (Lipinski definition) is 0. The summed E-state index contributed by atoms with van der Waals surface area (Å²) in [6.45, 7) is 0. The number of nitro benzene ring substituents is 1. The number of alkyl halides is 4. The molecule has 17 heavy (non-hydrogen) atoms. The van der Waals surface area contributed by atoms with E-state index in [0.29, 0.717) is 0 Å². The summed E-state index contributed by atoms with van der Waals surface area (Å²) in [5, 5.41) is 10.6. The van der Waals surface area contributed by atoms with E-state index in [-0.39, 0.29) is 21.8 Å². The Bertz CT molecular complexity index is 516. The van der Waals surface area contributed by atoms with Gasteiger partial charge in [0, 0.05) is 17.2 Å². The highest BCUT2D eigenvalue weighted by atomic mass is 35.5. The summed E-state index contributed by atoms with van der Waals surface area (Å²) in [4.78, 5) is 10.1. The van der Waals surface area contributed by atoms with Crippen molar-refractivity contribution in [3.8, 4) is 0 Å². The SMILES string of the molecule is O=[N+]([O-])c1cc2c(cc1Cl)C(Cl)(Cl)OC2(Cl)Cl. The average Bonchev–Trinajstić information content (AvgIpc) is 2.30. The van der Waals surface area contributed by atoms with Crippen molar-refractivity contribution in [3.63, 3.8) is 0 Å². The molecule has 1 aromatic rings. The zero-order chi connectivity index (χ0) is 13.0. The lowest BCUT2D eigenvalue weighted by molar-refractivity contribution is -0.384. The highest BCUT2D eigenvalue weighted by Gasteiger charge is 2.51. The number of ether oxygens (including phenoxy) is 1. The third kappa shape index (κ3) is 2.18. The molecule has 1 aliphatic heterocycles. The number of nitrogens with zero attached hydrogens (tertiary/aromatic N) is 1. The minimum atomic E-state index is -1.85. The predicted octanol–water partition coefficient (Wildman–Crippen LogP) is 4.45. The molecule has 4 nitrogen and oxygen atoms in total. The Labute approximate surface area is 120 Å². The molecule has 0 radical (unpaired) electrons. The maximum Gasteiger partial charge on any atom is 0.288 e. The first-order valence-electron chi connectivity index (χ1n) is 4.10. The summed E-state index contributed by atoms with van der Waals surface area (Å²) < 4.78 is 1.33. The first kappa shape index (κ1) is 13.5. The Morgan fingerprint density at radius 3 is 2.06 bits per heavy atom. The van der Waals surface area contributed by atoms with Crippen LogP contribution in [-0.4, -0.2) is 4.92 Å². The molecular weight excluding hydrogens is 335 g/mol. The smallest absolute Gasteiger partial charge is 0.288 e. The number of hydrogen-bond acceptors (Lipinski definition) is 3. The topological polar surface area (TPSA) is 52.4 Å². The Balaban J connectivity index is 2.72. The summed E-state index contributed by atoms with van der Waals surface area (Å²) in [5.41, 5.74) is -0.0749. The number of benzene rings is 1. The van der Waals surface area contributed by atoms with Gasteiger partial charge >= 0.3 is 0 Å². The first-order valence-corrected chi connectivity index (χ1v) is 5.99. The van der Waals surface area contributed by atoms with E-state index >= 15 is 0 Å². The van der Waals surface area contributed by atoms with Crippen LogP contribution in [0.1, 0.15) is 11.1 Å². The molecule has 0 atom stereocenters. The van der Waals surface area contributed by atoms with E-state index in [4.69, 9.17) is 62.7 Å². The van der Waals surface area contributed by atoms with Crippen LogP contribution in [0.2, 0.25) is 5.02 Å². The fourth-order valence-corrected chi connectivity index (χ4v) is 2.93. The molecular formula is C8H2Cl5NO3. The lowest BCUT2D eigenvalue weighted by atomic mass is 10.1. The van der Waals surface area contributed by atoms with Crippen molar-refractivity contribution >= 4 is 63.7 Å². The van der Waals surface area contributed by atoms with E-state index < -0.39 is 14.0 Å². The molecule has 2 rings (SSSR count). The summed E-state index contributed by atoms with van der Waals surface area (Å²) in [6.07, 6.45) is 0. The molecule has 0 saturated heterocycles. The van der Waals surface area contributed by atoms with Crippen molar-refractivity contribution in [3.05, 3.63) is 38.4 Å². The summed E-state index contributed by atoms with van der Waals surface area (Å²) in [5.74, 6) is 0. The standard InChI is InChI=1S/C8H2Cl5NO3/c9-5-1-3-4(2-6(5)14(15)16)8(12,13)17-7(3,10)11/h1-2H. The average molecular weight is 337 g/mol. The quantitative estimate of drug-likeness (QED) is 0.432. The van der Waals surface area contributed by atoms with E-state index in [1.165, 1.54) is 6.07 Å². The van der Waals surface area contributed by atoms with Gasteiger partial charge in [0.05, 0.1) is 4.92 Å². The normalized spacial score (nSPS) is 20.1. The monoisotopic (exact) mass is 335 g/mol. The second kappa shape index (κ2) is 4.02. The van der Waals surface area contributed by atoms with Gasteiger partial charge in [0.15, 0.2) is 0 Å². The predicted molar refractivity (Wildman–Crippen MR) is 66.0 cm³/mol. The van der Waals surface area contributed by atoms with Crippen molar-refractivity contribution in [1.29, 1.82) is 0 Å². The minimum absolute atomic E-state index is 0.0990. The molecule has 0 fully saturated rings. The molecule has 0 saturated carbocycles. The van der Waals surface area contributed by atoms with Gasteiger partial charge in [-0.2, -0.15) is 0 Å². The van der Waals surface area contributed by atoms with Gasteiger partial charge in [-0.1, -0.05) is 58.0 Å². The van der Waals surface area contributed by atoms with Gasteiger partial charge in [-0.15, -0.1) is 0 Å². The largest absolute Gasteiger partial charge is 0.302 e. The van der Waals surface area contributed by atoms with Crippen molar-refractivity contribution in [2.75, 3.05) is 0 Å². The second-order valence-corrected chi connectivity index (χ2v) is 6.17. The zero-order valence-corrected chi connectivity index (χ0v) is 11.5. The number of fused-ring (bicyclic) bond motifs is 1. The van der Waals surface area contributed by atoms with E-state index in [2.05, 4.69) is 0 Å². The number of nitro groups is 1. The van der Waals surface area contributed by atoms with E-state index in [1.807, 2.05) is 0 Å². The molecule has 0 N–H and O–H groups in total. The Kier molecular flexibility index (Phi) is 3.18. The van der Waals surface area contributed by atoms with Crippen molar-refractivity contribution in [2.24, 2.45) is 0 Å². The number of halogens is 5. The van der Waals surface area contributed by atoms with Crippen LogP contribution in [0.4, 0.5) is 5.69 Å². The highest BCUT2D eigenvalue weighted by Crippen LogP contribution is 2.57. The molecule has 0 amide bonds. The van der Waals surface area contributed by atoms with Crippen LogP contribution in [0.25, 0.3) is 0 Å². The summed E-state index contributed by atoms with van der Waals surface area (Å²) in [7, 11) is 0. The third-order valence-corrected chi connectivity index (χ3v) is 3.59. The van der Waals surface area contributed by atoms with Crippen LogP contribution >= 0.6 is 58.0 Å². The number of rotatable bonds is 1. The van der Waals surface area contributed by atoms with Crippen LogP contribution in [0.15, 0.2) is 12.1 Å². The zero-order valence-electron chi connectivity index (χ0n) is 7.72. The van der Waals surface area contributed by atoms with Crippen molar-refractivity contribution in [2.45, 2.75) is 9.04 Å². The third-order valence-electron chi connectivity index (χ3n) is 2.17. The Hall–Kier alpha value is 0.0300. The fourth-order valence-electron chi connectivity index (χ4n) is 1.45. The minimum Gasteiger partial charge on any atom is -0.302 e. The van der Waals surface area contributed by atoms with Gasteiger partial charge < -0.3 is 4.74 Å². The van der Waals surface area contributed by atoms with Crippen LogP contribution in [0.3, 0.4) is 0 Å². The van der Waals surface area contributed by atoms with Gasteiger partial charge in [0.25, 0.3) is 5.69 Å². The molecule has 1 heterocycles. The molecule has 0 spiro atoms. The maximum atomic E-state index is 10.7. The second-order valence-electron chi connectivity index (χ2n) is 3.24. The van der Waals surface area contributed by atoms with Crippen LogP contribution in [0.5, 0.6) is 0 Å². The highest BCUT2D eigenvalue weighted by molar-refractivity contribution is 6.52. The molecule has 9 heteroatoms. The Morgan fingerprint density at radius 1 is 1.12 bits per heavy atom. The molecule has 0 aliphatic carbocycles. The van der Waals surface area contributed by atoms with E-state index in [0.717, 1.165) is 6.07 Å². The van der Waals surface area contributed by atoms with Gasteiger partial charge in [-0.05, 0) is 6.07 Å². The van der Waals surface area contributed by atoms with E-state index in [9.17, 15) is 10.1 Å². The van der Waals surface area contributed by atoms with Crippen molar-refractivity contribution < 1.29 is 9.66 Å². The van der Waals surface area contributed by atoms with Gasteiger partial charge in [-0.25, -0.2) is 0 Å². The fraction of sp³-hybridized carbons (Fsp3) is 0.250. The first-order chi connectivity index (χ1) is 7.65. The lowest BCUT2D eigenvalue weighted by Crippen LogP contribution is -2.13.